The summed E-state index contributed by atoms with van der Waals surface area (Å²) in [6, 6.07) is 2.22. The topological polar surface area (TPSA) is 138 Å². The van der Waals surface area contributed by atoms with E-state index < -0.39 is 32.8 Å². The zero-order valence-corrected chi connectivity index (χ0v) is 14.5. The van der Waals surface area contributed by atoms with E-state index in [-0.39, 0.29) is 0 Å². The Hall–Kier alpha value is -2.55. The molecule has 0 unspecified atom stereocenters. The smallest absolute Gasteiger partial charge is 0.346 e. The van der Waals surface area contributed by atoms with Crippen LogP contribution in [-0.4, -0.2) is 28.9 Å². The normalized spacial score (nSPS) is 9.84. The van der Waals surface area contributed by atoms with Crippen LogP contribution in [0.3, 0.4) is 0 Å². The van der Waals surface area contributed by atoms with E-state index in [9.17, 15) is 30.1 Å². The second kappa shape index (κ2) is 12.8. The molecule has 0 amide bonds. The molecule has 0 saturated heterocycles. The number of nitrogens with one attached hydrogen (secondary N) is 1. The van der Waals surface area contributed by atoms with E-state index in [1.807, 2.05) is 0 Å². The Morgan fingerprint density at radius 1 is 0.960 bits per heavy atom. The van der Waals surface area contributed by atoms with Gasteiger partial charge < -0.3 is 15.2 Å². The van der Waals surface area contributed by atoms with E-state index in [0.717, 1.165) is 12.1 Å². The van der Waals surface area contributed by atoms with Crippen LogP contribution >= 0.6 is 0 Å². The minimum Gasteiger partial charge on any atom is -0.545 e. The molecule has 1 aromatic carbocycles. The number of unbranched alkanes of at least 4 members (excludes halogenated alkanes) is 3. The van der Waals surface area contributed by atoms with Crippen LogP contribution in [0, 0.1) is 20.2 Å². The number of hydrogen-bond donors (Lipinski definition) is 1. The average Bonchev–Trinajstić information content (AvgIpc) is 2.57. The highest BCUT2D eigenvalue weighted by molar-refractivity contribution is 5.87. The molecule has 1 aromatic rings. The Kier molecular flexibility index (Phi) is 11.5. The van der Waals surface area contributed by atoms with Crippen molar-refractivity contribution >= 4 is 17.3 Å². The second-order valence-electron chi connectivity index (χ2n) is 5.32. The molecule has 0 aromatic heterocycles. The summed E-state index contributed by atoms with van der Waals surface area (Å²) in [4.78, 5) is 29.1. The summed E-state index contributed by atoms with van der Waals surface area (Å²) < 4.78 is 0. The van der Waals surface area contributed by atoms with Gasteiger partial charge in [-0.15, -0.1) is 0 Å². The zero-order valence-electron chi connectivity index (χ0n) is 14.5. The summed E-state index contributed by atoms with van der Waals surface area (Å²) in [7, 11) is 0. The first-order chi connectivity index (χ1) is 11.8. The lowest BCUT2D eigenvalue weighted by Crippen LogP contribution is -2.22. The summed E-state index contributed by atoms with van der Waals surface area (Å²) in [6.45, 7) is 6.86. The largest absolute Gasteiger partial charge is 0.545 e. The van der Waals surface area contributed by atoms with Gasteiger partial charge in [0.2, 0.25) is 0 Å². The van der Waals surface area contributed by atoms with E-state index in [1.165, 1.54) is 45.2 Å². The Balaban J connectivity index is 0.000000504. The van der Waals surface area contributed by atoms with Crippen LogP contribution in [0.2, 0.25) is 0 Å². The Bertz CT molecular complexity index is 569. The molecule has 140 valence electrons. The van der Waals surface area contributed by atoms with Gasteiger partial charge in [-0.3, -0.25) is 20.2 Å². The van der Waals surface area contributed by atoms with E-state index in [1.54, 1.807) is 0 Å². The average molecular weight is 354 g/mol. The predicted molar refractivity (Wildman–Crippen MR) is 91.4 cm³/mol. The molecule has 9 nitrogen and oxygen atoms in total. The molecular formula is C16H24N3O6-. The number of nitro benzene ring substituents is 2. The standard InChI is InChI=1S/C9H21N.C7H4N2O6/c1-3-5-6-7-9-10-8-4-2;10-7(11)4-1-2-5(8(12)13)6(3-4)9(14)15/h10H,3-9H2,1-2H3;1-3H,(H,10,11)/p-1. The van der Waals surface area contributed by atoms with Gasteiger partial charge in [0.15, 0.2) is 0 Å². The van der Waals surface area contributed by atoms with E-state index >= 15 is 0 Å². The van der Waals surface area contributed by atoms with Crippen molar-refractivity contribution in [2.75, 3.05) is 13.1 Å². The third kappa shape index (κ3) is 9.36. The van der Waals surface area contributed by atoms with Gasteiger partial charge in [0.05, 0.1) is 15.8 Å². The maximum Gasteiger partial charge on any atom is 0.346 e. The molecule has 1 rings (SSSR count). The van der Waals surface area contributed by atoms with Crippen LogP contribution in [0.15, 0.2) is 18.2 Å². The van der Waals surface area contributed by atoms with Crippen LogP contribution in [-0.2, 0) is 0 Å². The lowest BCUT2D eigenvalue weighted by atomic mass is 10.2. The van der Waals surface area contributed by atoms with Gasteiger partial charge in [0.1, 0.15) is 0 Å². The number of benzene rings is 1. The number of rotatable bonds is 10. The summed E-state index contributed by atoms with van der Waals surface area (Å²) in [5.74, 6) is -1.63. The van der Waals surface area contributed by atoms with Crippen molar-refractivity contribution in [3.8, 4) is 0 Å². The number of aromatic carboxylic acids is 1. The lowest BCUT2D eigenvalue weighted by molar-refractivity contribution is -0.422. The molecule has 9 heteroatoms. The van der Waals surface area contributed by atoms with E-state index in [2.05, 4.69) is 19.2 Å². The molecule has 0 aliphatic rings. The van der Waals surface area contributed by atoms with Gasteiger partial charge >= 0.3 is 11.4 Å². The molecule has 0 aliphatic heterocycles. The zero-order chi connectivity index (χ0) is 19.2. The van der Waals surface area contributed by atoms with Crippen molar-refractivity contribution in [2.24, 2.45) is 0 Å². The van der Waals surface area contributed by atoms with E-state index in [0.29, 0.717) is 6.07 Å². The van der Waals surface area contributed by atoms with Crippen molar-refractivity contribution in [1.82, 2.24) is 5.32 Å². The summed E-state index contributed by atoms with van der Waals surface area (Å²) in [6.07, 6.45) is 6.75. The van der Waals surface area contributed by atoms with Crippen molar-refractivity contribution in [1.29, 1.82) is 0 Å². The molecule has 0 radical (unpaired) electrons. The third-order valence-electron chi connectivity index (χ3n) is 3.24. The Labute approximate surface area is 146 Å². The summed E-state index contributed by atoms with van der Waals surface area (Å²) >= 11 is 0. The quantitative estimate of drug-likeness (QED) is 0.387. The number of hydrogen-bond acceptors (Lipinski definition) is 7. The predicted octanol–water partition coefficient (Wildman–Crippen LogP) is 2.43. The highest BCUT2D eigenvalue weighted by Gasteiger charge is 2.24. The molecule has 0 bridgehead atoms. The second-order valence-corrected chi connectivity index (χ2v) is 5.32. The molecule has 1 N–H and O–H groups in total. The number of nitrogens with zero attached hydrogens (tertiary/aromatic N) is 2. The van der Waals surface area contributed by atoms with Crippen molar-refractivity contribution < 1.29 is 19.7 Å². The lowest BCUT2D eigenvalue weighted by Gasteiger charge is -2.01. The number of carboxylic acid groups (broad SMARTS) is 1. The van der Waals surface area contributed by atoms with Crippen molar-refractivity contribution in [3.05, 3.63) is 44.0 Å². The molecule has 0 spiro atoms. The molecule has 25 heavy (non-hydrogen) atoms. The maximum atomic E-state index is 10.4. The highest BCUT2D eigenvalue weighted by Crippen LogP contribution is 2.27. The van der Waals surface area contributed by atoms with Gasteiger partial charge in [-0.05, 0) is 32.0 Å². The fourth-order valence-corrected chi connectivity index (χ4v) is 1.93. The van der Waals surface area contributed by atoms with Gasteiger partial charge in [0, 0.05) is 17.7 Å². The number of carbonyl (C=O) groups is 1. The third-order valence-corrected chi connectivity index (χ3v) is 3.24. The SMILES string of the molecule is CCCCCCNCCC.O=C([O-])c1ccc([N+](=O)[O-])c([N+](=O)[O-])c1. The Morgan fingerprint density at radius 3 is 2.08 bits per heavy atom. The fourth-order valence-electron chi connectivity index (χ4n) is 1.93. The first-order valence-corrected chi connectivity index (χ1v) is 8.20. The number of carbonyl (C=O) groups excluding carboxylic acids is 1. The first-order valence-electron chi connectivity index (χ1n) is 8.20. The highest BCUT2D eigenvalue weighted by atomic mass is 16.6. The van der Waals surface area contributed by atoms with Crippen LogP contribution in [0.4, 0.5) is 11.4 Å². The van der Waals surface area contributed by atoms with Gasteiger partial charge in [-0.25, -0.2) is 0 Å². The first kappa shape index (κ1) is 22.4. The van der Waals surface area contributed by atoms with Gasteiger partial charge in [0.25, 0.3) is 0 Å². The van der Waals surface area contributed by atoms with Crippen LogP contribution in [0.1, 0.15) is 56.3 Å². The van der Waals surface area contributed by atoms with Crippen LogP contribution in [0.25, 0.3) is 0 Å². The summed E-state index contributed by atoms with van der Waals surface area (Å²) in [5, 5.41) is 34.5. The van der Waals surface area contributed by atoms with Crippen molar-refractivity contribution in [2.45, 2.75) is 46.0 Å². The molecule has 0 heterocycles. The summed E-state index contributed by atoms with van der Waals surface area (Å²) in [5.41, 5.74) is -2.11. The molecule has 0 fully saturated rings. The van der Waals surface area contributed by atoms with Gasteiger partial charge in [-0.1, -0.05) is 33.1 Å². The maximum absolute atomic E-state index is 10.4. The minimum atomic E-state index is -1.63. The Morgan fingerprint density at radius 2 is 1.60 bits per heavy atom. The monoisotopic (exact) mass is 354 g/mol. The minimum absolute atomic E-state index is 0.479. The molecule has 0 saturated carbocycles. The molecule has 0 aliphatic carbocycles. The molecular weight excluding hydrogens is 330 g/mol. The number of carboxylic acids is 1. The number of nitro groups is 2. The van der Waals surface area contributed by atoms with Crippen LogP contribution in [0.5, 0.6) is 0 Å². The van der Waals surface area contributed by atoms with E-state index in [4.69, 9.17) is 0 Å². The van der Waals surface area contributed by atoms with Crippen LogP contribution < -0.4 is 10.4 Å². The van der Waals surface area contributed by atoms with Crippen molar-refractivity contribution in [3.63, 3.8) is 0 Å². The van der Waals surface area contributed by atoms with Gasteiger partial charge in [-0.2, -0.15) is 0 Å². The fraction of sp³-hybridized carbons (Fsp3) is 0.562. The molecule has 0 atom stereocenters.